The van der Waals surface area contributed by atoms with Gasteiger partial charge in [0.15, 0.2) is 5.82 Å². The normalized spacial score (nSPS) is 10.8. The molecule has 0 saturated carbocycles. The van der Waals surface area contributed by atoms with Crippen molar-refractivity contribution >= 4 is 0 Å². The first-order valence-electron chi connectivity index (χ1n) is 5.15. The Kier molecular flexibility index (Phi) is 3.38. The molecule has 0 aliphatic carbocycles. The van der Waals surface area contributed by atoms with E-state index in [1.54, 1.807) is 0 Å². The number of halogens is 2. The van der Waals surface area contributed by atoms with Crippen molar-refractivity contribution in [3.05, 3.63) is 35.7 Å². The van der Waals surface area contributed by atoms with E-state index in [4.69, 9.17) is 0 Å². The molecule has 0 fully saturated rings. The maximum atomic E-state index is 13.5. The summed E-state index contributed by atoms with van der Waals surface area (Å²) in [6.07, 6.45) is 0. The largest absolute Gasteiger partial charge is 0.310 e. The summed E-state index contributed by atoms with van der Waals surface area (Å²) in [7, 11) is 0. The molecule has 0 amide bonds. The Morgan fingerprint density at radius 1 is 1.35 bits per heavy atom. The summed E-state index contributed by atoms with van der Waals surface area (Å²) in [4.78, 5) is 0. The molecule has 0 saturated heterocycles. The lowest BCUT2D eigenvalue weighted by molar-refractivity contribution is 0.576. The molecule has 17 heavy (non-hydrogen) atoms. The van der Waals surface area contributed by atoms with E-state index >= 15 is 0 Å². The summed E-state index contributed by atoms with van der Waals surface area (Å²) in [5.41, 5.74) is 0.00269. The van der Waals surface area contributed by atoms with Gasteiger partial charge in [-0.25, -0.2) is 8.78 Å². The van der Waals surface area contributed by atoms with E-state index < -0.39 is 11.6 Å². The summed E-state index contributed by atoms with van der Waals surface area (Å²) >= 11 is 0. The van der Waals surface area contributed by atoms with Crippen molar-refractivity contribution < 1.29 is 8.78 Å². The van der Waals surface area contributed by atoms with Crippen molar-refractivity contribution in [2.24, 2.45) is 0 Å². The molecule has 1 aromatic heterocycles. The molecule has 2 aromatic rings. The minimum Gasteiger partial charge on any atom is -0.310 e. The number of benzene rings is 1. The predicted octanol–water partition coefficient (Wildman–Crippen LogP) is 1.05. The van der Waals surface area contributed by atoms with E-state index in [0.717, 1.165) is 24.7 Å². The van der Waals surface area contributed by atoms with Gasteiger partial charge in [-0.1, -0.05) is 6.92 Å². The molecule has 0 radical (unpaired) electrons. The van der Waals surface area contributed by atoms with Crippen molar-refractivity contribution in [1.82, 2.24) is 25.5 Å². The van der Waals surface area contributed by atoms with Crippen LogP contribution in [0.2, 0.25) is 0 Å². The lowest BCUT2D eigenvalue weighted by Gasteiger charge is -2.05. The molecule has 1 heterocycles. The van der Waals surface area contributed by atoms with Crippen molar-refractivity contribution in [2.45, 2.75) is 13.5 Å². The zero-order valence-corrected chi connectivity index (χ0v) is 9.19. The van der Waals surface area contributed by atoms with Crippen LogP contribution in [0.5, 0.6) is 0 Å². The summed E-state index contributed by atoms with van der Waals surface area (Å²) < 4.78 is 27.8. The van der Waals surface area contributed by atoms with Gasteiger partial charge < -0.3 is 5.32 Å². The third-order valence-electron chi connectivity index (χ3n) is 2.20. The fourth-order valence-corrected chi connectivity index (χ4v) is 1.39. The number of hydrogen-bond donors (Lipinski definition) is 1. The second kappa shape index (κ2) is 4.96. The van der Waals surface area contributed by atoms with E-state index in [2.05, 4.69) is 20.8 Å². The van der Waals surface area contributed by atoms with Crippen molar-refractivity contribution in [1.29, 1.82) is 0 Å². The molecule has 0 aliphatic rings. The van der Waals surface area contributed by atoms with Crippen LogP contribution >= 0.6 is 0 Å². The number of rotatable bonds is 4. The number of nitrogens with zero attached hydrogens (tertiary/aromatic N) is 4. The van der Waals surface area contributed by atoms with Crippen LogP contribution in [0.3, 0.4) is 0 Å². The highest BCUT2D eigenvalue weighted by Crippen LogP contribution is 2.14. The highest BCUT2D eigenvalue weighted by molar-refractivity contribution is 5.33. The Hall–Kier alpha value is -1.89. The first-order chi connectivity index (χ1) is 8.22. The number of tetrazole rings is 1. The second-order valence-electron chi connectivity index (χ2n) is 3.38. The van der Waals surface area contributed by atoms with E-state index in [9.17, 15) is 8.78 Å². The average Bonchev–Trinajstić information content (AvgIpc) is 2.77. The zero-order chi connectivity index (χ0) is 12.3. The van der Waals surface area contributed by atoms with Crippen LogP contribution in [0, 0.1) is 11.6 Å². The van der Waals surface area contributed by atoms with Crippen molar-refractivity contribution in [2.75, 3.05) is 6.54 Å². The van der Waals surface area contributed by atoms with Gasteiger partial charge in [-0.3, -0.25) is 0 Å². The van der Waals surface area contributed by atoms with E-state index in [0.29, 0.717) is 12.4 Å². The molecule has 0 spiro atoms. The van der Waals surface area contributed by atoms with Crippen molar-refractivity contribution in [3.8, 4) is 5.69 Å². The highest BCUT2D eigenvalue weighted by Gasteiger charge is 2.12. The molecule has 90 valence electrons. The maximum absolute atomic E-state index is 13.5. The molecular weight excluding hydrogens is 228 g/mol. The number of hydrogen-bond acceptors (Lipinski definition) is 4. The van der Waals surface area contributed by atoms with Gasteiger partial charge in [-0.15, -0.1) is 5.10 Å². The maximum Gasteiger partial charge on any atom is 0.170 e. The predicted molar refractivity (Wildman–Crippen MR) is 56.5 cm³/mol. The molecule has 0 bridgehead atoms. The van der Waals surface area contributed by atoms with Crippen LogP contribution in [0.4, 0.5) is 8.78 Å². The topological polar surface area (TPSA) is 55.6 Å². The Morgan fingerprint density at radius 3 is 2.94 bits per heavy atom. The van der Waals surface area contributed by atoms with Gasteiger partial charge in [-0.2, -0.15) is 4.68 Å². The quantitative estimate of drug-likeness (QED) is 0.866. The summed E-state index contributed by atoms with van der Waals surface area (Å²) in [6.45, 7) is 3.05. The van der Waals surface area contributed by atoms with Gasteiger partial charge in [0.05, 0.1) is 6.54 Å². The number of aromatic nitrogens is 4. The second-order valence-corrected chi connectivity index (χ2v) is 3.38. The van der Waals surface area contributed by atoms with Gasteiger partial charge in [0.25, 0.3) is 0 Å². The first-order valence-corrected chi connectivity index (χ1v) is 5.15. The zero-order valence-electron chi connectivity index (χ0n) is 9.19. The Balaban J connectivity index is 2.38. The molecule has 7 heteroatoms. The fourth-order valence-electron chi connectivity index (χ4n) is 1.39. The third kappa shape index (κ3) is 2.44. The van der Waals surface area contributed by atoms with Gasteiger partial charge in [-0.05, 0) is 29.1 Å². The van der Waals surface area contributed by atoms with Crippen LogP contribution in [0.1, 0.15) is 12.7 Å². The van der Waals surface area contributed by atoms with Crippen LogP contribution < -0.4 is 5.32 Å². The Bertz CT molecular complexity index is 511. The van der Waals surface area contributed by atoms with E-state index in [-0.39, 0.29) is 5.69 Å². The monoisotopic (exact) mass is 239 g/mol. The smallest absolute Gasteiger partial charge is 0.170 e. The SMILES string of the molecule is CCNCc1nnnn1-c1cc(F)ccc1F. The van der Waals surface area contributed by atoms with Gasteiger partial charge in [0.2, 0.25) is 0 Å². The fraction of sp³-hybridized carbons (Fsp3) is 0.300. The van der Waals surface area contributed by atoms with Gasteiger partial charge >= 0.3 is 0 Å². The molecule has 0 atom stereocenters. The van der Waals surface area contributed by atoms with Crippen LogP contribution in [0.25, 0.3) is 5.69 Å². The highest BCUT2D eigenvalue weighted by atomic mass is 19.1. The summed E-state index contributed by atoms with van der Waals surface area (Å²) in [5, 5.41) is 13.9. The van der Waals surface area contributed by atoms with Gasteiger partial charge in [0, 0.05) is 6.07 Å². The Morgan fingerprint density at radius 2 is 2.18 bits per heavy atom. The molecular formula is C10H11F2N5. The molecule has 1 aromatic carbocycles. The molecule has 5 nitrogen and oxygen atoms in total. The number of nitrogens with one attached hydrogen (secondary N) is 1. The van der Waals surface area contributed by atoms with E-state index in [1.807, 2.05) is 6.92 Å². The van der Waals surface area contributed by atoms with Crippen LogP contribution in [-0.4, -0.2) is 26.8 Å². The summed E-state index contributed by atoms with van der Waals surface area (Å²) in [5.74, 6) is -0.681. The molecule has 0 aliphatic heterocycles. The Labute approximate surface area is 96.4 Å². The first kappa shape index (κ1) is 11.6. The standard InChI is InChI=1S/C10H11F2N5/c1-2-13-6-10-14-15-16-17(10)9-5-7(11)3-4-8(9)12/h3-5,13H,2,6H2,1H3. The third-order valence-corrected chi connectivity index (χ3v) is 2.20. The molecule has 0 unspecified atom stereocenters. The molecule has 1 N–H and O–H groups in total. The molecule has 2 rings (SSSR count). The minimum absolute atomic E-state index is 0.00269. The van der Waals surface area contributed by atoms with Gasteiger partial charge in [0.1, 0.15) is 17.3 Å². The minimum atomic E-state index is -0.573. The van der Waals surface area contributed by atoms with Crippen molar-refractivity contribution in [3.63, 3.8) is 0 Å². The van der Waals surface area contributed by atoms with Crippen LogP contribution in [0.15, 0.2) is 18.2 Å². The average molecular weight is 239 g/mol. The lowest BCUT2D eigenvalue weighted by atomic mass is 10.3. The van der Waals surface area contributed by atoms with Crippen LogP contribution in [-0.2, 0) is 6.54 Å². The van der Waals surface area contributed by atoms with E-state index in [1.165, 1.54) is 4.68 Å². The summed E-state index contributed by atoms with van der Waals surface area (Å²) in [6, 6.07) is 3.15. The lowest BCUT2D eigenvalue weighted by Crippen LogP contribution is -2.16.